The van der Waals surface area contributed by atoms with Gasteiger partial charge in [-0.05, 0) is 39.0 Å². The summed E-state index contributed by atoms with van der Waals surface area (Å²) in [6.07, 6.45) is 2.87. The van der Waals surface area contributed by atoms with Crippen molar-refractivity contribution in [3.63, 3.8) is 0 Å². The molecule has 1 aliphatic rings. The molecule has 1 aliphatic carbocycles. The van der Waals surface area contributed by atoms with Crippen LogP contribution in [0.5, 0.6) is 0 Å². The number of carbonyl (C=O) groups excluding carboxylic acids is 1. The Bertz CT molecular complexity index is 521. The van der Waals surface area contributed by atoms with Crippen molar-refractivity contribution in [3.05, 3.63) is 0 Å². The first-order valence-corrected chi connectivity index (χ1v) is 12.8. The molecule has 0 amide bonds. The quantitative estimate of drug-likeness (QED) is 0.204. The summed E-state index contributed by atoms with van der Waals surface area (Å²) in [6.45, 7) is 7.57. The topological polar surface area (TPSA) is 115 Å². The number of ether oxygens (including phenoxy) is 4. The summed E-state index contributed by atoms with van der Waals surface area (Å²) in [5.74, 6) is -0.740. The fourth-order valence-corrected chi connectivity index (χ4v) is 4.98. The molecule has 4 atom stereocenters. The van der Waals surface area contributed by atoms with Gasteiger partial charge in [0.05, 0.1) is 24.4 Å². The van der Waals surface area contributed by atoms with E-state index in [2.05, 4.69) is 6.92 Å². The van der Waals surface area contributed by atoms with Gasteiger partial charge in [0.2, 0.25) is 0 Å². The molecule has 0 aliphatic heterocycles. The first-order valence-electron chi connectivity index (χ1n) is 12.8. The van der Waals surface area contributed by atoms with E-state index in [-0.39, 0.29) is 19.6 Å². The van der Waals surface area contributed by atoms with Crippen molar-refractivity contribution in [1.82, 2.24) is 0 Å². The molecule has 3 N–H and O–H groups in total. The molecular weight excluding hydrogens is 428 g/mol. The minimum atomic E-state index is -1.84. The fraction of sp³-hybridized carbons (Fsp3) is 0.960. The summed E-state index contributed by atoms with van der Waals surface area (Å²) in [5.41, 5.74) is -3.41. The Kier molecular flexibility index (Phi) is 14.7. The molecule has 0 saturated heterocycles. The lowest BCUT2D eigenvalue weighted by Gasteiger charge is -2.53. The van der Waals surface area contributed by atoms with Crippen LogP contribution in [0, 0.1) is 5.41 Å². The number of hydrogen-bond donors (Lipinski definition) is 3. The van der Waals surface area contributed by atoms with Crippen LogP contribution < -0.4 is 0 Å². The van der Waals surface area contributed by atoms with Gasteiger partial charge < -0.3 is 34.3 Å². The molecule has 0 spiro atoms. The smallest absolute Gasteiger partial charge is 0.320 e. The number of aliphatic hydroxyl groups is 3. The van der Waals surface area contributed by atoms with E-state index in [9.17, 15) is 20.1 Å². The van der Waals surface area contributed by atoms with Crippen LogP contribution in [0.3, 0.4) is 0 Å². The number of aliphatic hydroxyl groups excluding tert-OH is 2. The highest BCUT2D eigenvalue weighted by Crippen LogP contribution is 2.50. The zero-order valence-corrected chi connectivity index (χ0v) is 21.2. The molecule has 0 radical (unpaired) electrons. The number of carbonyl (C=O) groups is 1. The van der Waals surface area contributed by atoms with Crippen molar-refractivity contribution in [2.24, 2.45) is 5.41 Å². The maximum atomic E-state index is 13.7. The Hall–Kier alpha value is -0.770. The van der Waals surface area contributed by atoms with Gasteiger partial charge in [0.1, 0.15) is 6.10 Å². The van der Waals surface area contributed by atoms with Crippen molar-refractivity contribution in [1.29, 1.82) is 0 Å². The maximum absolute atomic E-state index is 13.7. The van der Waals surface area contributed by atoms with Gasteiger partial charge >= 0.3 is 5.97 Å². The third kappa shape index (κ3) is 8.15. The molecule has 1 rings (SSSR count). The zero-order chi connectivity index (χ0) is 24.7. The number of hydrogen-bond acceptors (Lipinski definition) is 8. The van der Waals surface area contributed by atoms with E-state index in [0.717, 1.165) is 25.7 Å². The van der Waals surface area contributed by atoms with E-state index in [0.29, 0.717) is 51.9 Å². The van der Waals surface area contributed by atoms with Crippen molar-refractivity contribution in [2.75, 3.05) is 40.1 Å². The third-order valence-electron chi connectivity index (χ3n) is 6.65. The lowest BCUT2D eigenvalue weighted by Crippen LogP contribution is -2.69. The zero-order valence-electron chi connectivity index (χ0n) is 21.2. The molecule has 0 aromatic heterocycles. The number of esters is 1. The van der Waals surface area contributed by atoms with Gasteiger partial charge in [0, 0.05) is 40.0 Å². The van der Waals surface area contributed by atoms with Crippen molar-refractivity contribution < 1.29 is 39.1 Å². The highest BCUT2D eigenvalue weighted by molar-refractivity contribution is 5.80. The molecule has 8 nitrogen and oxygen atoms in total. The van der Waals surface area contributed by atoms with Crippen LogP contribution in [0.1, 0.15) is 85.0 Å². The molecule has 0 aromatic rings. The minimum Gasteiger partial charge on any atom is -0.465 e. The predicted molar refractivity (Wildman–Crippen MR) is 126 cm³/mol. The summed E-state index contributed by atoms with van der Waals surface area (Å²) in [5, 5.41) is 33.9. The second-order valence-electron chi connectivity index (χ2n) is 9.23. The predicted octanol–water partition coefficient (Wildman–Crippen LogP) is 2.99. The summed E-state index contributed by atoms with van der Waals surface area (Å²) in [7, 11) is 1.38. The molecule has 196 valence electrons. The van der Waals surface area contributed by atoms with E-state index in [4.69, 9.17) is 18.9 Å². The largest absolute Gasteiger partial charge is 0.465 e. The maximum Gasteiger partial charge on any atom is 0.320 e. The van der Waals surface area contributed by atoms with Gasteiger partial charge in [-0.2, -0.15) is 0 Å². The molecule has 0 aromatic carbocycles. The number of unbranched alkanes of at least 4 members (excludes halogenated alkanes) is 1. The molecule has 33 heavy (non-hydrogen) atoms. The normalized spacial score (nSPS) is 20.6. The lowest BCUT2D eigenvalue weighted by atomic mass is 9.57. The van der Waals surface area contributed by atoms with E-state index >= 15 is 0 Å². The first-order chi connectivity index (χ1) is 15.8. The molecule has 0 heterocycles. The lowest BCUT2D eigenvalue weighted by molar-refractivity contribution is -0.245. The molecule has 1 fully saturated rings. The highest BCUT2D eigenvalue weighted by atomic mass is 16.5. The highest BCUT2D eigenvalue weighted by Gasteiger charge is 2.66. The van der Waals surface area contributed by atoms with E-state index < -0.39 is 35.3 Å². The van der Waals surface area contributed by atoms with E-state index in [1.54, 1.807) is 0 Å². The van der Waals surface area contributed by atoms with Crippen LogP contribution >= 0.6 is 0 Å². The SMILES string of the molecule is CCCCOCCC(O)C(C(=O)OCCCOCCC)(C(OC)C(C)O)C1(O)CCCCC1. The Morgan fingerprint density at radius 1 is 0.939 bits per heavy atom. The average molecular weight is 477 g/mol. The monoisotopic (exact) mass is 476 g/mol. The molecule has 8 heteroatoms. The van der Waals surface area contributed by atoms with Crippen molar-refractivity contribution in [3.8, 4) is 0 Å². The van der Waals surface area contributed by atoms with Gasteiger partial charge in [0.15, 0.2) is 5.41 Å². The Morgan fingerprint density at radius 2 is 1.58 bits per heavy atom. The second-order valence-corrected chi connectivity index (χ2v) is 9.23. The summed E-state index contributed by atoms with van der Waals surface area (Å²) >= 11 is 0. The Balaban J connectivity index is 3.20. The minimum absolute atomic E-state index is 0.0936. The van der Waals surface area contributed by atoms with E-state index in [1.165, 1.54) is 14.0 Å². The van der Waals surface area contributed by atoms with Crippen LogP contribution in [-0.2, 0) is 23.7 Å². The summed E-state index contributed by atoms with van der Waals surface area (Å²) < 4.78 is 22.3. The third-order valence-corrected chi connectivity index (χ3v) is 6.65. The van der Waals surface area contributed by atoms with Gasteiger partial charge in [-0.15, -0.1) is 0 Å². The van der Waals surface area contributed by atoms with Crippen LogP contribution in [0.4, 0.5) is 0 Å². The summed E-state index contributed by atoms with van der Waals surface area (Å²) in [4.78, 5) is 13.7. The van der Waals surface area contributed by atoms with Crippen molar-refractivity contribution in [2.45, 2.75) is 109 Å². The van der Waals surface area contributed by atoms with Crippen LogP contribution in [-0.4, -0.2) is 85.3 Å². The summed E-state index contributed by atoms with van der Waals surface area (Å²) in [6, 6.07) is 0. The molecular formula is C25H48O8. The molecule has 1 saturated carbocycles. The fourth-order valence-electron chi connectivity index (χ4n) is 4.98. The number of rotatable bonds is 18. The Labute approximate surface area is 199 Å². The van der Waals surface area contributed by atoms with Gasteiger partial charge in [0.25, 0.3) is 0 Å². The molecule has 4 unspecified atom stereocenters. The van der Waals surface area contributed by atoms with Crippen LogP contribution in [0.15, 0.2) is 0 Å². The Morgan fingerprint density at radius 3 is 2.15 bits per heavy atom. The van der Waals surface area contributed by atoms with E-state index in [1.807, 2.05) is 6.92 Å². The first kappa shape index (κ1) is 30.3. The van der Waals surface area contributed by atoms with Crippen LogP contribution in [0.25, 0.3) is 0 Å². The standard InChI is InChI=1S/C25H48O8/c1-5-7-16-32-19-12-21(27)25(22(30-4)20(3)26,24(29)13-9-8-10-14-24)23(28)33-18-11-17-31-15-6-2/h20-22,26-27,29H,5-19H2,1-4H3. The average Bonchev–Trinajstić information content (AvgIpc) is 2.79. The van der Waals surface area contributed by atoms with Crippen molar-refractivity contribution >= 4 is 5.97 Å². The second kappa shape index (κ2) is 16.0. The van der Waals surface area contributed by atoms with Gasteiger partial charge in [-0.1, -0.05) is 39.5 Å². The van der Waals surface area contributed by atoms with Gasteiger partial charge in [-0.3, -0.25) is 4.79 Å². The van der Waals surface area contributed by atoms with Crippen LogP contribution in [0.2, 0.25) is 0 Å². The molecule has 0 bridgehead atoms. The number of methoxy groups -OCH3 is 1. The van der Waals surface area contributed by atoms with Gasteiger partial charge in [-0.25, -0.2) is 0 Å².